The second kappa shape index (κ2) is 20.2. The molecule has 0 saturated heterocycles. The molecule has 164 valence electrons. The van der Waals surface area contributed by atoms with E-state index in [4.69, 9.17) is 18.9 Å². The fourth-order valence-electron chi connectivity index (χ4n) is 1.87. The number of likely N-dealkylation sites (N-methyl/N-ethyl adjacent to an activating group) is 1. The van der Waals surface area contributed by atoms with Gasteiger partial charge < -0.3 is 39.7 Å². The Morgan fingerprint density at radius 3 is 1.71 bits per heavy atom. The van der Waals surface area contributed by atoms with Gasteiger partial charge in [0.05, 0.1) is 39.6 Å². The molecule has 0 rings (SSSR count). The molecule has 0 aromatic carbocycles. The lowest BCUT2D eigenvalue weighted by Crippen LogP contribution is -2.31. The van der Waals surface area contributed by atoms with Gasteiger partial charge in [0.25, 0.3) is 0 Å². The first-order valence-electron chi connectivity index (χ1n) is 9.54. The van der Waals surface area contributed by atoms with Crippen LogP contribution < -0.4 is 16.0 Å². The smallest absolute Gasteiger partial charge is 0.246 e. The van der Waals surface area contributed by atoms with Gasteiger partial charge >= 0.3 is 0 Å². The zero-order valence-corrected chi connectivity index (χ0v) is 17.1. The van der Waals surface area contributed by atoms with Crippen LogP contribution in [-0.4, -0.2) is 97.1 Å². The van der Waals surface area contributed by atoms with E-state index in [2.05, 4.69) is 16.0 Å². The third kappa shape index (κ3) is 20.7. The number of nitrogens with one attached hydrogen (secondary N) is 3. The van der Waals surface area contributed by atoms with Crippen molar-refractivity contribution in [3.63, 3.8) is 0 Å². The average molecular weight is 405 g/mol. The quantitative estimate of drug-likeness (QED) is 0.218. The molecule has 0 spiro atoms. The van der Waals surface area contributed by atoms with Crippen molar-refractivity contribution in [2.24, 2.45) is 0 Å². The highest BCUT2D eigenvalue weighted by Crippen LogP contribution is 1.88. The zero-order chi connectivity index (χ0) is 20.9. The van der Waals surface area contributed by atoms with Crippen LogP contribution in [0.4, 0.5) is 0 Å². The first-order valence-corrected chi connectivity index (χ1v) is 9.54. The second-order valence-corrected chi connectivity index (χ2v) is 5.94. The molecule has 0 aromatic rings. The highest BCUT2D eigenvalue weighted by Gasteiger charge is 2.02. The Labute approximate surface area is 167 Å². The minimum atomic E-state index is -0.219. The number of ether oxygens (including phenoxy) is 4. The number of rotatable bonds is 20. The molecule has 2 amide bonds. The highest BCUT2D eigenvalue weighted by atomic mass is 16.5. The van der Waals surface area contributed by atoms with Crippen molar-refractivity contribution in [3.8, 4) is 0 Å². The molecule has 10 heteroatoms. The summed E-state index contributed by atoms with van der Waals surface area (Å²) in [5.74, 6) is -0.323. The summed E-state index contributed by atoms with van der Waals surface area (Å²) in [4.78, 5) is 33.7. The minimum Gasteiger partial charge on any atom is -0.378 e. The minimum absolute atomic E-state index is 0.0139. The van der Waals surface area contributed by atoms with Crippen LogP contribution in [0.5, 0.6) is 0 Å². The van der Waals surface area contributed by atoms with Gasteiger partial charge in [-0.05, 0) is 20.4 Å². The highest BCUT2D eigenvalue weighted by molar-refractivity contribution is 5.77. The molecule has 0 aliphatic heterocycles. The van der Waals surface area contributed by atoms with Crippen molar-refractivity contribution < 1.29 is 33.3 Å². The molecule has 0 heterocycles. The molecule has 3 N–H and O–H groups in total. The number of ketones is 1. The van der Waals surface area contributed by atoms with Gasteiger partial charge in [-0.25, -0.2) is 0 Å². The summed E-state index contributed by atoms with van der Waals surface area (Å²) in [6.45, 7) is 5.47. The van der Waals surface area contributed by atoms with E-state index in [1.165, 1.54) is 6.92 Å². The normalized spacial score (nSPS) is 10.6. The van der Waals surface area contributed by atoms with Crippen LogP contribution in [0.3, 0.4) is 0 Å². The van der Waals surface area contributed by atoms with Gasteiger partial charge in [-0.3, -0.25) is 9.59 Å². The number of carbonyl (C=O) groups is 3. The van der Waals surface area contributed by atoms with Crippen molar-refractivity contribution in [2.75, 3.05) is 79.5 Å². The van der Waals surface area contributed by atoms with E-state index in [1.54, 1.807) is 0 Å². The predicted molar refractivity (Wildman–Crippen MR) is 103 cm³/mol. The van der Waals surface area contributed by atoms with Crippen LogP contribution in [0.2, 0.25) is 0 Å². The van der Waals surface area contributed by atoms with E-state index in [9.17, 15) is 14.4 Å². The Hall–Kier alpha value is -1.59. The lowest BCUT2D eigenvalue weighted by Gasteiger charge is -2.08. The van der Waals surface area contributed by atoms with E-state index >= 15 is 0 Å². The summed E-state index contributed by atoms with van der Waals surface area (Å²) < 4.78 is 20.9. The van der Waals surface area contributed by atoms with E-state index in [-0.39, 0.29) is 37.4 Å². The van der Waals surface area contributed by atoms with E-state index in [1.807, 2.05) is 7.05 Å². The second-order valence-electron chi connectivity index (χ2n) is 5.94. The van der Waals surface area contributed by atoms with E-state index < -0.39 is 0 Å². The molecule has 0 aliphatic rings. The van der Waals surface area contributed by atoms with Crippen LogP contribution in [0, 0.1) is 0 Å². The Morgan fingerprint density at radius 1 is 0.679 bits per heavy atom. The number of amides is 2. The van der Waals surface area contributed by atoms with Crippen molar-refractivity contribution in [1.82, 2.24) is 16.0 Å². The fraction of sp³-hybridized carbons (Fsp3) is 0.833. The van der Waals surface area contributed by atoms with Crippen molar-refractivity contribution in [2.45, 2.75) is 19.8 Å². The Morgan fingerprint density at radius 2 is 1.18 bits per heavy atom. The van der Waals surface area contributed by atoms with Gasteiger partial charge in [-0.2, -0.15) is 0 Å². The molecule has 10 nitrogen and oxygen atoms in total. The molecule has 0 unspecified atom stereocenters. The maximum Gasteiger partial charge on any atom is 0.246 e. The Kier molecular flexibility index (Phi) is 19.0. The average Bonchev–Trinajstić information content (AvgIpc) is 2.66. The van der Waals surface area contributed by atoms with Gasteiger partial charge in [0, 0.05) is 26.1 Å². The topological polar surface area (TPSA) is 124 Å². The van der Waals surface area contributed by atoms with Crippen LogP contribution in [0.25, 0.3) is 0 Å². The molecule has 0 atom stereocenters. The molecule has 0 saturated carbocycles. The number of carbonyl (C=O) groups excluding carboxylic acids is 3. The maximum absolute atomic E-state index is 11.5. The molecule has 0 radical (unpaired) electrons. The van der Waals surface area contributed by atoms with Crippen molar-refractivity contribution in [1.29, 1.82) is 0 Å². The van der Waals surface area contributed by atoms with Crippen LogP contribution >= 0.6 is 0 Å². The number of hydrogen-bond acceptors (Lipinski definition) is 8. The van der Waals surface area contributed by atoms with Gasteiger partial charge in [-0.1, -0.05) is 0 Å². The largest absolute Gasteiger partial charge is 0.378 e. The summed E-state index contributed by atoms with van der Waals surface area (Å²) in [7, 11) is 1.85. The summed E-state index contributed by atoms with van der Waals surface area (Å²) >= 11 is 0. The summed E-state index contributed by atoms with van der Waals surface area (Å²) in [6.07, 6.45) is 1.09. The van der Waals surface area contributed by atoms with Crippen molar-refractivity contribution in [3.05, 3.63) is 0 Å². The third-order valence-electron chi connectivity index (χ3n) is 3.30. The van der Waals surface area contributed by atoms with E-state index in [0.717, 1.165) is 6.54 Å². The lowest BCUT2D eigenvalue weighted by molar-refractivity contribution is -0.127. The number of hydrogen-bond donors (Lipinski definition) is 3. The Balaban J connectivity index is 3.28. The molecular weight excluding hydrogens is 370 g/mol. The van der Waals surface area contributed by atoms with Crippen molar-refractivity contribution >= 4 is 17.6 Å². The van der Waals surface area contributed by atoms with Gasteiger partial charge in [-0.15, -0.1) is 0 Å². The van der Waals surface area contributed by atoms with Gasteiger partial charge in [0.1, 0.15) is 19.0 Å². The van der Waals surface area contributed by atoms with Gasteiger partial charge in [0.2, 0.25) is 11.8 Å². The molecule has 0 fully saturated rings. The monoisotopic (exact) mass is 405 g/mol. The molecule has 0 aliphatic carbocycles. The summed E-state index contributed by atoms with van der Waals surface area (Å²) in [6, 6.07) is 0. The molecule has 0 bridgehead atoms. The molecular formula is C18H35N3O7. The molecule has 28 heavy (non-hydrogen) atoms. The fourth-order valence-corrected chi connectivity index (χ4v) is 1.87. The third-order valence-corrected chi connectivity index (χ3v) is 3.30. The first kappa shape index (κ1) is 26.4. The summed E-state index contributed by atoms with van der Waals surface area (Å²) in [5.41, 5.74) is 0. The van der Waals surface area contributed by atoms with Crippen LogP contribution in [-0.2, 0) is 33.3 Å². The SMILES string of the molecule is CNCCOCCOCC(=O)NCCOCCOCC(=O)NCCCC(C)=O. The number of Topliss-reactive ketones (excluding diaryl/α,β-unsaturated/α-hetero) is 1. The predicted octanol–water partition coefficient (Wildman–Crippen LogP) is -1.13. The van der Waals surface area contributed by atoms with Crippen LogP contribution in [0.1, 0.15) is 19.8 Å². The lowest BCUT2D eigenvalue weighted by atomic mass is 10.2. The zero-order valence-electron chi connectivity index (χ0n) is 17.1. The van der Waals surface area contributed by atoms with Gasteiger partial charge in [0.15, 0.2) is 0 Å². The standard InChI is InChI=1S/C18H35N3O7/c1-16(22)4-3-5-20-17(23)14-27-13-11-26-9-7-21-18(24)15-28-12-10-25-8-6-19-2/h19H,3-15H2,1-2H3,(H,20,23)(H,21,24). The maximum atomic E-state index is 11.5. The summed E-state index contributed by atoms with van der Waals surface area (Å²) in [5, 5.41) is 8.30. The first-order chi connectivity index (χ1) is 13.6. The van der Waals surface area contributed by atoms with Crippen LogP contribution in [0.15, 0.2) is 0 Å². The Bertz CT molecular complexity index is 422. The van der Waals surface area contributed by atoms with E-state index in [0.29, 0.717) is 59.0 Å². The molecule has 0 aromatic heterocycles.